The number of rotatable bonds is 2. The van der Waals surface area contributed by atoms with Gasteiger partial charge in [0.2, 0.25) is 0 Å². The van der Waals surface area contributed by atoms with Gasteiger partial charge >= 0.3 is 13.2 Å². The van der Waals surface area contributed by atoms with Crippen molar-refractivity contribution >= 4 is 24.6 Å². The molecule has 1 fully saturated rings. The molecule has 2 amide bonds. The number of nitrogens with one attached hydrogen (secondary N) is 2. The van der Waals surface area contributed by atoms with Crippen LogP contribution < -0.4 is 16.3 Å². The molecule has 1 aliphatic rings. The number of amides is 2. The van der Waals surface area contributed by atoms with Crippen LogP contribution in [0.4, 0.5) is 4.79 Å². The summed E-state index contributed by atoms with van der Waals surface area (Å²) < 4.78 is 17.0. The summed E-state index contributed by atoms with van der Waals surface area (Å²) in [5.41, 5.74) is 4.25. The third-order valence-corrected chi connectivity index (χ3v) is 4.38. The Kier molecular flexibility index (Phi) is 5.40. The van der Waals surface area contributed by atoms with E-state index < -0.39 is 35.9 Å². The molecule has 1 aromatic carbocycles. The zero-order valence-electron chi connectivity index (χ0n) is 16.4. The normalized spacial score (nSPS) is 18.3. The van der Waals surface area contributed by atoms with Gasteiger partial charge in [-0.05, 0) is 66.1 Å². The van der Waals surface area contributed by atoms with Gasteiger partial charge in [-0.25, -0.2) is 10.2 Å². The van der Waals surface area contributed by atoms with E-state index in [0.717, 1.165) is 5.46 Å². The van der Waals surface area contributed by atoms with Crippen LogP contribution in [0.25, 0.3) is 0 Å². The molecule has 8 heteroatoms. The van der Waals surface area contributed by atoms with Crippen LogP contribution in [0, 0.1) is 0 Å². The molecule has 0 radical (unpaired) electrons. The Bertz CT molecular complexity index is 664. The van der Waals surface area contributed by atoms with Crippen molar-refractivity contribution in [2.75, 3.05) is 0 Å². The Morgan fingerprint density at radius 3 is 1.92 bits per heavy atom. The molecule has 1 aromatic rings. The lowest BCUT2D eigenvalue weighted by Gasteiger charge is -2.32. The Morgan fingerprint density at radius 2 is 1.46 bits per heavy atom. The maximum absolute atomic E-state index is 12.1. The van der Waals surface area contributed by atoms with Gasteiger partial charge < -0.3 is 14.0 Å². The molecule has 2 rings (SSSR count). The summed E-state index contributed by atoms with van der Waals surface area (Å²) in [6.07, 6.45) is -0.723. The van der Waals surface area contributed by atoms with Crippen LogP contribution in [0.2, 0.25) is 0 Å². The molecule has 7 nitrogen and oxygen atoms in total. The topological polar surface area (TPSA) is 85.9 Å². The third kappa shape index (κ3) is 4.77. The van der Waals surface area contributed by atoms with Crippen LogP contribution in [-0.4, -0.2) is 35.9 Å². The van der Waals surface area contributed by atoms with Gasteiger partial charge in [0.15, 0.2) is 0 Å². The SMILES string of the molecule is CC(C)(C)OC(=O)NNC(=O)c1ccc(B2OC(C)(C)C(C)(C)O2)cc1. The number of hydrogen-bond acceptors (Lipinski definition) is 5. The average Bonchev–Trinajstić information content (AvgIpc) is 2.71. The summed E-state index contributed by atoms with van der Waals surface area (Å²) >= 11 is 0. The van der Waals surface area contributed by atoms with Crippen LogP contribution in [0.3, 0.4) is 0 Å². The molecule has 0 aromatic heterocycles. The van der Waals surface area contributed by atoms with E-state index in [9.17, 15) is 9.59 Å². The summed E-state index contributed by atoms with van der Waals surface area (Å²) in [5, 5.41) is 0. The van der Waals surface area contributed by atoms with Crippen LogP contribution in [-0.2, 0) is 14.0 Å². The molecule has 26 heavy (non-hydrogen) atoms. The molecule has 0 spiro atoms. The first-order chi connectivity index (χ1) is 11.8. The summed E-state index contributed by atoms with van der Waals surface area (Å²) in [6.45, 7) is 13.2. The van der Waals surface area contributed by atoms with Crippen molar-refractivity contribution in [3.05, 3.63) is 29.8 Å². The number of carbonyl (C=O) groups excluding carboxylic acids is 2. The fraction of sp³-hybridized carbons (Fsp3) is 0.556. The summed E-state index contributed by atoms with van der Waals surface area (Å²) in [4.78, 5) is 23.7. The van der Waals surface area contributed by atoms with Gasteiger partial charge in [-0.3, -0.25) is 10.2 Å². The van der Waals surface area contributed by atoms with E-state index in [1.54, 1.807) is 45.0 Å². The highest BCUT2D eigenvalue weighted by Crippen LogP contribution is 2.36. The standard InChI is InChI=1S/C18H27BN2O5/c1-16(2,3)24-15(23)21-20-14(22)12-8-10-13(11-9-12)19-25-17(4,5)18(6,7)26-19/h8-11H,1-7H3,(H,20,22)(H,21,23). The van der Waals surface area contributed by atoms with E-state index in [1.807, 2.05) is 27.7 Å². The Balaban J connectivity index is 1.95. The highest BCUT2D eigenvalue weighted by Gasteiger charge is 2.51. The first-order valence-corrected chi connectivity index (χ1v) is 8.56. The van der Waals surface area contributed by atoms with Crippen molar-refractivity contribution in [2.24, 2.45) is 0 Å². The van der Waals surface area contributed by atoms with Crippen LogP contribution in [0.5, 0.6) is 0 Å². The van der Waals surface area contributed by atoms with E-state index in [1.165, 1.54) is 0 Å². The van der Waals surface area contributed by atoms with E-state index in [2.05, 4.69) is 10.9 Å². The van der Waals surface area contributed by atoms with Crippen LogP contribution >= 0.6 is 0 Å². The van der Waals surface area contributed by atoms with Gasteiger partial charge in [-0.1, -0.05) is 12.1 Å². The molecule has 0 aliphatic carbocycles. The summed E-state index contributed by atoms with van der Waals surface area (Å²) in [7, 11) is -0.489. The Labute approximate surface area is 154 Å². The van der Waals surface area contributed by atoms with Crippen LogP contribution in [0.1, 0.15) is 58.8 Å². The second-order valence-corrected chi connectivity index (χ2v) is 8.29. The molecule has 1 aliphatic heterocycles. The molecule has 142 valence electrons. The zero-order chi connectivity index (χ0) is 19.8. The summed E-state index contributed by atoms with van der Waals surface area (Å²) in [6, 6.07) is 6.83. The monoisotopic (exact) mass is 362 g/mol. The molecular formula is C18H27BN2O5. The van der Waals surface area contributed by atoms with Crippen LogP contribution in [0.15, 0.2) is 24.3 Å². The smallest absolute Gasteiger partial charge is 0.443 e. The van der Waals surface area contributed by atoms with Crippen molar-refractivity contribution in [1.82, 2.24) is 10.9 Å². The van der Waals surface area contributed by atoms with Crippen molar-refractivity contribution in [3.63, 3.8) is 0 Å². The minimum atomic E-state index is -0.723. The first kappa shape index (κ1) is 20.3. The lowest BCUT2D eigenvalue weighted by Crippen LogP contribution is -2.44. The van der Waals surface area contributed by atoms with E-state index in [0.29, 0.717) is 5.56 Å². The molecule has 2 N–H and O–H groups in total. The second kappa shape index (κ2) is 6.93. The van der Waals surface area contributed by atoms with Crippen molar-refractivity contribution in [2.45, 2.75) is 65.3 Å². The molecule has 1 heterocycles. The average molecular weight is 362 g/mol. The van der Waals surface area contributed by atoms with E-state index in [-0.39, 0.29) is 0 Å². The maximum Gasteiger partial charge on any atom is 0.494 e. The van der Waals surface area contributed by atoms with Crippen molar-refractivity contribution in [1.29, 1.82) is 0 Å². The zero-order valence-corrected chi connectivity index (χ0v) is 16.4. The van der Waals surface area contributed by atoms with E-state index in [4.69, 9.17) is 14.0 Å². The molecule has 1 saturated heterocycles. The molecular weight excluding hydrogens is 335 g/mol. The number of ether oxygens (including phenoxy) is 1. The highest BCUT2D eigenvalue weighted by atomic mass is 16.7. The fourth-order valence-electron chi connectivity index (χ4n) is 2.25. The van der Waals surface area contributed by atoms with Gasteiger partial charge in [0.25, 0.3) is 5.91 Å². The van der Waals surface area contributed by atoms with Gasteiger partial charge in [0.1, 0.15) is 5.60 Å². The van der Waals surface area contributed by atoms with Gasteiger partial charge in [-0.2, -0.15) is 0 Å². The molecule has 0 atom stereocenters. The Morgan fingerprint density at radius 1 is 0.962 bits per heavy atom. The number of benzene rings is 1. The highest BCUT2D eigenvalue weighted by molar-refractivity contribution is 6.62. The van der Waals surface area contributed by atoms with Gasteiger partial charge in [0, 0.05) is 5.56 Å². The predicted molar refractivity (Wildman–Crippen MR) is 99.0 cm³/mol. The molecule has 0 saturated carbocycles. The Hall–Kier alpha value is -2.06. The van der Waals surface area contributed by atoms with Gasteiger partial charge in [0.05, 0.1) is 11.2 Å². The predicted octanol–water partition coefficient (Wildman–Crippen LogP) is 2.16. The fourth-order valence-corrected chi connectivity index (χ4v) is 2.25. The van der Waals surface area contributed by atoms with Crippen molar-refractivity contribution in [3.8, 4) is 0 Å². The summed E-state index contributed by atoms with van der Waals surface area (Å²) in [5.74, 6) is -0.448. The minimum absolute atomic E-state index is 0.390. The minimum Gasteiger partial charge on any atom is -0.443 e. The third-order valence-electron chi connectivity index (χ3n) is 4.38. The van der Waals surface area contributed by atoms with Gasteiger partial charge in [-0.15, -0.1) is 0 Å². The number of carbonyl (C=O) groups is 2. The second-order valence-electron chi connectivity index (χ2n) is 8.29. The van der Waals surface area contributed by atoms with Crippen molar-refractivity contribution < 1.29 is 23.6 Å². The van der Waals surface area contributed by atoms with E-state index >= 15 is 0 Å². The molecule has 0 bridgehead atoms. The lowest BCUT2D eigenvalue weighted by atomic mass is 9.79. The quantitative estimate of drug-likeness (QED) is 0.622. The first-order valence-electron chi connectivity index (χ1n) is 8.56. The maximum atomic E-state index is 12.1. The number of hydrogen-bond donors (Lipinski definition) is 2. The lowest BCUT2D eigenvalue weighted by molar-refractivity contribution is 0.00578. The largest absolute Gasteiger partial charge is 0.494 e. The molecule has 0 unspecified atom stereocenters. The number of hydrazine groups is 1.